The maximum Gasteiger partial charge on any atom is 0.307 e. The van der Waals surface area contributed by atoms with E-state index in [4.69, 9.17) is 5.11 Å². The third-order valence-corrected chi connectivity index (χ3v) is 3.19. The average molecular weight is 205 g/mol. The molecular weight excluding hydrogens is 190 g/mol. The van der Waals surface area contributed by atoms with E-state index in [0.717, 1.165) is 5.57 Å². The summed E-state index contributed by atoms with van der Waals surface area (Å²) in [5.41, 5.74) is 2.21. The predicted molar refractivity (Wildman–Crippen MR) is 58.3 cm³/mol. The van der Waals surface area contributed by atoms with Crippen LogP contribution in [0.5, 0.6) is 0 Å². The maximum atomic E-state index is 10.7. The number of nitrogens with zero attached hydrogens (tertiary/aromatic N) is 1. The van der Waals surface area contributed by atoms with E-state index in [1.54, 1.807) is 0 Å². The van der Waals surface area contributed by atoms with Gasteiger partial charge in [-0.05, 0) is 12.5 Å². The largest absolute Gasteiger partial charge is 0.481 e. The SMILES string of the molecule is CC1=CC2C(CC(=O)O)=CC=CC2N1C. The minimum atomic E-state index is -0.754. The molecule has 1 aliphatic carbocycles. The first kappa shape index (κ1) is 10.0. The van der Waals surface area contributed by atoms with Gasteiger partial charge >= 0.3 is 5.97 Å². The molecule has 0 saturated heterocycles. The van der Waals surface area contributed by atoms with Gasteiger partial charge in [-0.2, -0.15) is 0 Å². The lowest BCUT2D eigenvalue weighted by Crippen LogP contribution is -2.31. The Labute approximate surface area is 89.4 Å². The number of hydrogen-bond acceptors (Lipinski definition) is 2. The summed E-state index contributed by atoms with van der Waals surface area (Å²) in [6, 6.07) is 0.310. The van der Waals surface area contributed by atoms with Gasteiger partial charge in [0.1, 0.15) is 0 Å². The Balaban J connectivity index is 2.24. The number of likely N-dealkylation sites (N-methyl/N-ethyl adjacent to an activating group) is 1. The van der Waals surface area contributed by atoms with E-state index in [1.807, 2.05) is 19.2 Å². The van der Waals surface area contributed by atoms with Crippen molar-refractivity contribution in [1.29, 1.82) is 0 Å². The highest BCUT2D eigenvalue weighted by Gasteiger charge is 2.32. The van der Waals surface area contributed by atoms with Crippen molar-refractivity contribution in [2.75, 3.05) is 7.05 Å². The monoisotopic (exact) mass is 205 g/mol. The van der Waals surface area contributed by atoms with Crippen LogP contribution in [-0.2, 0) is 4.79 Å². The maximum absolute atomic E-state index is 10.7. The Morgan fingerprint density at radius 2 is 2.33 bits per heavy atom. The number of allylic oxidation sites excluding steroid dienone is 3. The molecule has 80 valence electrons. The van der Waals surface area contributed by atoms with Gasteiger partial charge in [-0.3, -0.25) is 4.79 Å². The lowest BCUT2D eigenvalue weighted by Gasteiger charge is -2.28. The molecule has 1 N–H and O–H groups in total. The highest BCUT2D eigenvalue weighted by molar-refractivity contribution is 5.71. The molecule has 2 atom stereocenters. The second kappa shape index (κ2) is 3.57. The molecule has 0 aromatic carbocycles. The molecule has 0 saturated carbocycles. The molecule has 3 heteroatoms. The number of carbonyl (C=O) groups is 1. The minimum Gasteiger partial charge on any atom is -0.481 e. The molecular formula is C12H15NO2. The van der Waals surface area contributed by atoms with Crippen LogP contribution in [-0.4, -0.2) is 29.1 Å². The Morgan fingerprint density at radius 3 is 3.00 bits per heavy atom. The van der Waals surface area contributed by atoms with E-state index in [2.05, 4.69) is 24.0 Å². The number of carboxylic acids is 1. The van der Waals surface area contributed by atoms with Crippen LogP contribution in [0.25, 0.3) is 0 Å². The highest BCUT2D eigenvalue weighted by Crippen LogP contribution is 2.35. The summed E-state index contributed by atoms with van der Waals surface area (Å²) in [7, 11) is 2.05. The number of hydrogen-bond donors (Lipinski definition) is 1. The van der Waals surface area contributed by atoms with Crippen LogP contribution in [0.4, 0.5) is 0 Å². The fraction of sp³-hybridized carbons (Fsp3) is 0.417. The van der Waals surface area contributed by atoms with Crippen LogP contribution < -0.4 is 0 Å². The topological polar surface area (TPSA) is 40.5 Å². The highest BCUT2D eigenvalue weighted by atomic mass is 16.4. The summed E-state index contributed by atoms with van der Waals surface area (Å²) in [4.78, 5) is 12.9. The van der Waals surface area contributed by atoms with Gasteiger partial charge < -0.3 is 10.0 Å². The van der Waals surface area contributed by atoms with Crippen molar-refractivity contribution < 1.29 is 9.90 Å². The Bertz CT molecular complexity index is 379. The van der Waals surface area contributed by atoms with Crippen molar-refractivity contribution in [3.05, 3.63) is 35.6 Å². The molecule has 1 heterocycles. The standard InChI is InChI=1S/C12H15NO2/c1-8-6-10-9(7-12(14)15)4-3-5-11(10)13(8)2/h3-6,10-11H,7H2,1-2H3,(H,14,15). The molecule has 0 amide bonds. The van der Waals surface area contributed by atoms with Crippen LogP contribution in [0.15, 0.2) is 35.6 Å². The van der Waals surface area contributed by atoms with Gasteiger partial charge in [-0.1, -0.05) is 24.3 Å². The predicted octanol–water partition coefficient (Wildman–Crippen LogP) is 1.79. The number of aliphatic carboxylic acids is 1. The van der Waals surface area contributed by atoms with Crippen LogP contribution in [0.1, 0.15) is 13.3 Å². The summed E-state index contributed by atoms with van der Waals surface area (Å²) in [6.07, 6.45) is 8.32. The van der Waals surface area contributed by atoms with Gasteiger partial charge in [0.05, 0.1) is 12.5 Å². The molecule has 1 aliphatic heterocycles. The van der Waals surface area contributed by atoms with Crippen molar-refractivity contribution >= 4 is 5.97 Å². The van der Waals surface area contributed by atoms with E-state index in [-0.39, 0.29) is 12.3 Å². The molecule has 0 radical (unpaired) electrons. The molecule has 0 spiro atoms. The smallest absolute Gasteiger partial charge is 0.307 e. The lowest BCUT2D eigenvalue weighted by molar-refractivity contribution is -0.136. The normalized spacial score (nSPS) is 28.5. The van der Waals surface area contributed by atoms with E-state index in [0.29, 0.717) is 6.04 Å². The number of fused-ring (bicyclic) bond motifs is 1. The first-order valence-electron chi connectivity index (χ1n) is 5.10. The van der Waals surface area contributed by atoms with Crippen molar-refractivity contribution in [2.24, 2.45) is 5.92 Å². The molecule has 2 unspecified atom stereocenters. The zero-order valence-electron chi connectivity index (χ0n) is 8.97. The Kier molecular flexibility index (Phi) is 2.39. The molecule has 0 bridgehead atoms. The lowest BCUT2D eigenvalue weighted by atomic mass is 9.87. The molecule has 15 heavy (non-hydrogen) atoms. The second-order valence-electron chi connectivity index (χ2n) is 4.13. The Hall–Kier alpha value is -1.51. The van der Waals surface area contributed by atoms with E-state index < -0.39 is 5.97 Å². The fourth-order valence-electron chi connectivity index (χ4n) is 2.28. The first-order chi connectivity index (χ1) is 7.09. The average Bonchev–Trinajstić information content (AvgIpc) is 2.45. The van der Waals surface area contributed by atoms with Gasteiger partial charge in [0.2, 0.25) is 0 Å². The van der Waals surface area contributed by atoms with E-state index >= 15 is 0 Å². The summed E-state index contributed by atoms with van der Waals surface area (Å²) in [5.74, 6) is -0.507. The van der Waals surface area contributed by atoms with Crippen LogP contribution in [0.2, 0.25) is 0 Å². The molecule has 0 aromatic rings. The second-order valence-corrected chi connectivity index (χ2v) is 4.13. The van der Waals surface area contributed by atoms with Gasteiger partial charge in [0.15, 0.2) is 0 Å². The number of carboxylic acid groups (broad SMARTS) is 1. The third-order valence-electron chi connectivity index (χ3n) is 3.19. The van der Waals surface area contributed by atoms with E-state index in [1.165, 1.54) is 5.70 Å². The molecule has 0 fully saturated rings. The zero-order valence-corrected chi connectivity index (χ0v) is 8.97. The molecule has 0 aromatic heterocycles. The minimum absolute atomic E-state index is 0.142. The third kappa shape index (κ3) is 1.69. The van der Waals surface area contributed by atoms with Crippen LogP contribution >= 0.6 is 0 Å². The quantitative estimate of drug-likeness (QED) is 0.747. The fourth-order valence-corrected chi connectivity index (χ4v) is 2.28. The first-order valence-corrected chi connectivity index (χ1v) is 5.10. The van der Waals surface area contributed by atoms with Gasteiger partial charge in [0.25, 0.3) is 0 Å². The van der Waals surface area contributed by atoms with Crippen molar-refractivity contribution in [3.63, 3.8) is 0 Å². The summed E-state index contributed by atoms with van der Waals surface area (Å²) in [5, 5.41) is 8.82. The van der Waals surface area contributed by atoms with Crippen molar-refractivity contribution in [1.82, 2.24) is 4.90 Å². The van der Waals surface area contributed by atoms with Gasteiger partial charge in [-0.25, -0.2) is 0 Å². The molecule has 3 nitrogen and oxygen atoms in total. The summed E-state index contributed by atoms with van der Waals surface area (Å²) < 4.78 is 0. The summed E-state index contributed by atoms with van der Waals surface area (Å²) >= 11 is 0. The molecule has 2 rings (SSSR count). The van der Waals surface area contributed by atoms with Crippen LogP contribution in [0.3, 0.4) is 0 Å². The van der Waals surface area contributed by atoms with E-state index in [9.17, 15) is 4.79 Å². The number of rotatable bonds is 2. The van der Waals surface area contributed by atoms with Gasteiger partial charge in [0, 0.05) is 18.7 Å². The van der Waals surface area contributed by atoms with Crippen molar-refractivity contribution in [3.8, 4) is 0 Å². The molecule has 2 aliphatic rings. The van der Waals surface area contributed by atoms with Crippen molar-refractivity contribution in [2.45, 2.75) is 19.4 Å². The van der Waals surface area contributed by atoms with Gasteiger partial charge in [-0.15, -0.1) is 0 Å². The summed E-state index contributed by atoms with van der Waals surface area (Å²) in [6.45, 7) is 2.06. The van der Waals surface area contributed by atoms with Crippen LogP contribution in [0, 0.1) is 5.92 Å². The Morgan fingerprint density at radius 1 is 1.60 bits per heavy atom. The zero-order chi connectivity index (χ0) is 11.0.